The van der Waals surface area contributed by atoms with Crippen molar-refractivity contribution < 1.29 is 17.9 Å². The fourth-order valence-corrected chi connectivity index (χ4v) is 2.06. The molecule has 0 heterocycles. The Morgan fingerprint density at radius 1 is 1.14 bits per heavy atom. The van der Waals surface area contributed by atoms with Crippen LogP contribution in [0.15, 0.2) is 24.3 Å². The number of ether oxygens (including phenoxy) is 1. The maximum atomic E-state index is 12.1. The van der Waals surface area contributed by atoms with Gasteiger partial charge in [0.15, 0.2) is 0 Å². The topological polar surface area (TPSA) is 24.5 Å². The van der Waals surface area contributed by atoms with Crippen LogP contribution in [0.2, 0.25) is 0 Å². The molecule has 0 saturated carbocycles. The van der Waals surface area contributed by atoms with Crippen molar-refractivity contribution in [3.63, 3.8) is 0 Å². The molecule has 1 aromatic rings. The van der Waals surface area contributed by atoms with Crippen LogP contribution in [0.5, 0.6) is 5.75 Å². The van der Waals surface area contributed by atoms with Crippen LogP contribution < -0.4 is 10.1 Å². The summed E-state index contributed by atoms with van der Waals surface area (Å²) in [7, 11) is 0. The molecule has 0 saturated heterocycles. The van der Waals surface area contributed by atoms with Crippen molar-refractivity contribution >= 4 is 0 Å². The highest BCUT2D eigenvalue weighted by atomic mass is 19.4. The van der Waals surface area contributed by atoms with Crippen LogP contribution >= 0.6 is 0 Å². The predicted octanol–water partition coefficient (Wildman–Crippen LogP) is 3.58. The number of benzene rings is 1. The highest BCUT2D eigenvalue weighted by Crippen LogP contribution is 2.24. The smallest absolute Gasteiger partial charge is 0.406 e. The van der Waals surface area contributed by atoms with E-state index in [1.165, 1.54) is 12.1 Å². The van der Waals surface area contributed by atoms with Gasteiger partial charge in [-0.3, -0.25) is 0 Å². The summed E-state index contributed by atoms with van der Waals surface area (Å²) < 4.78 is 40.1. The Bertz CT molecular complexity index is 402. The second-order valence-electron chi connectivity index (χ2n) is 4.82. The highest BCUT2D eigenvalue weighted by molar-refractivity contribution is 5.29. The van der Waals surface area contributed by atoms with E-state index in [2.05, 4.69) is 28.8 Å². The highest BCUT2D eigenvalue weighted by Gasteiger charge is 2.30. The van der Waals surface area contributed by atoms with E-state index in [0.29, 0.717) is 0 Å². The summed E-state index contributed by atoms with van der Waals surface area (Å²) in [6.45, 7) is 10.0. The van der Waals surface area contributed by atoms with E-state index in [1.807, 2.05) is 6.92 Å². The summed E-state index contributed by atoms with van der Waals surface area (Å²) >= 11 is 0. The zero-order chi connectivity index (χ0) is 15.9. The van der Waals surface area contributed by atoms with Crippen LogP contribution in [-0.2, 0) is 0 Å². The van der Waals surface area contributed by atoms with E-state index in [4.69, 9.17) is 0 Å². The van der Waals surface area contributed by atoms with Crippen molar-refractivity contribution in [3.8, 4) is 5.75 Å². The van der Waals surface area contributed by atoms with Gasteiger partial charge in [0, 0.05) is 19.1 Å². The van der Waals surface area contributed by atoms with Crippen molar-refractivity contribution in [1.29, 1.82) is 0 Å². The average Bonchev–Trinajstić information content (AvgIpc) is 2.42. The SMILES string of the molecule is CCN(CC)CCNC(C)c1ccc(OC(F)(F)F)cc1. The van der Waals surface area contributed by atoms with E-state index >= 15 is 0 Å². The number of hydrogen-bond donors (Lipinski definition) is 1. The normalized spacial score (nSPS) is 13.5. The lowest BCUT2D eigenvalue weighted by Crippen LogP contribution is -2.33. The van der Waals surface area contributed by atoms with E-state index in [0.717, 1.165) is 31.7 Å². The van der Waals surface area contributed by atoms with E-state index in [-0.39, 0.29) is 11.8 Å². The van der Waals surface area contributed by atoms with Crippen molar-refractivity contribution in [1.82, 2.24) is 10.2 Å². The number of nitrogens with zero attached hydrogens (tertiary/aromatic N) is 1. The van der Waals surface area contributed by atoms with Crippen LogP contribution in [0.4, 0.5) is 13.2 Å². The van der Waals surface area contributed by atoms with Gasteiger partial charge in [-0.15, -0.1) is 13.2 Å². The molecule has 1 aromatic carbocycles. The van der Waals surface area contributed by atoms with Crippen LogP contribution in [0.1, 0.15) is 32.4 Å². The standard InChI is InChI=1S/C15H23F3N2O/c1-4-20(5-2)11-10-19-12(3)13-6-8-14(9-7-13)21-15(16,17)18/h6-9,12,19H,4-5,10-11H2,1-3H3. The third kappa shape index (κ3) is 6.82. The Morgan fingerprint density at radius 2 is 1.71 bits per heavy atom. The van der Waals surface area contributed by atoms with Gasteiger partial charge < -0.3 is 15.0 Å². The van der Waals surface area contributed by atoms with Crippen molar-refractivity contribution in [2.75, 3.05) is 26.2 Å². The third-order valence-electron chi connectivity index (χ3n) is 3.39. The molecule has 1 unspecified atom stereocenters. The number of alkyl halides is 3. The fourth-order valence-electron chi connectivity index (χ4n) is 2.06. The van der Waals surface area contributed by atoms with Crippen LogP contribution in [0.3, 0.4) is 0 Å². The summed E-state index contributed by atoms with van der Waals surface area (Å²) in [5, 5.41) is 3.36. The fraction of sp³-hybridized carbons (Fsp3) is 0.600. The molecule has 0 aliphatic rings. The molecule has 6 heteroatoms. The first-order valence-electron chi connectivity index (χ1n) is 7.17. The lowest BCUT2D eigenvalue weighted by Gasteiger charge is -2.20. The van der Waals surface area contributed by atoms with E-state index in [1.54, 1.807) is 12.1 Å². The molecule has 3 nitrogen and oxygen atoms in total. The van der Waals surface area contributed by atoms with Crippen molar-refractivity contribution in [2.24, 2.45) is 0 Å². The van der Waals surface area contributed by atoms with Gasteiger partial charge >= 0.3 is 6.36 Å². The second kappa shape index (κ2) is 8.24. The van der Waals surface area contributed by atoms with Crippen LogP contribution in [0.25, 0.3) is 0 Å². The Morgan fingerprint density at radius 3 is 2.19 bits per heavy atom. The largest absolute Gasteiger partial charge is 0.573 e. The van der Waals surface area contributed by atoms with Crippen LogP contribution in [-0.4, -0.2) is 37.4 Å². The van der Waals surface area contributed by atoms with Crippen LogP contribution in [0, 0.1) is 0 Å². The van der Waals surface area contributed by atoms with Gasteiger partial charge in [-0.2, -0.15) is 0 Å². The molecule has 0 aromatic heterocycles. The first-order chi connectivity index (χ1) is 9.85. The molecular weight excluding hydrogens is 281 g/mol. The molecule has 0 fully saturated rings. The molecule has 1 rings (SSSR count). The van der Waals surface area contributed by atoms with Gasteiger partial charge in [-0.05, 0) is 37.7 Å². The van der Waals surface area contributed by atoms with Gasteiger partial charge in [0.2, 0.25) is 0 Å². The van der Waals surface area contributed by atoms with Gasteiger partial charge in [0.1, 0.15) is 5.75 Å². The second-order valence-corrected chi connectivity index (χ2v) is 4.82. The maximum Gasteiger partial charge on any atom is 0.573 e. The quantitative estimate of drug-likeness (QED) is 0.794. The molecule has 0 bridgehead atoms. The third-order valence-corrected chi connectivity index (χ3v) is 3.39. The van der Waals surface area contributed by atoms with Gasteiger partial charge in [-0.25, -0.2) is 0 Å². The molecular formula is C15H23F3N2O. The average molecular weight is 304 g/mol. The lowest BCUT2D eigenvalue weighted by atomic mass is 10.1. The van der Waals surface area contributed by atoms with Gasteiger partial charge in [0.05, 0.1) is 0 Å². The molecule has 0 aliphatic heterocycles. The number of halogens is 3. The molecule has 0 aliphatic carbocycles. The Kier molecular flexibility index (Phi) is 6.98. The maximum absolute atomic E-state index is 12.1. The first-order valence-corrected chi connectivity index (χ1v) is 7.17. The Hall–Kier alpha value is -1.27. The molecule has 120 valence electrons. The minimum atomic E-state index is -4.64. The zero-order valence-electron chi connectivity index (χ0n) is 12.7. The monoisotopic (exact) mass is 304 g/mol. The number of rotatable bonds is 8. The minimum absolute atomic E-state index is 0.0838. The number of hydrogen-bond acceptors (Lipinski definition) is 3. The van der Waals surface area contributed by atoms with Gasteiger partial charge in [-0.1, -0.05) is 26.0 Å². The van der Waals surface area contributed by atoms with E-state index in [9.17, 15) is 13.2 Å². The molecule has 0 radical (unpaired) electrons. The molecule has 0 spiro atoms. The van der Waals surface area contributed by atoms with E-state index < -0.39 is 6.36 Å². The zero-order valence-corrected chi connectivity index (χ0v) is 12.7. The summed E-state index contributed by atoms with van der Waals surface area (Å²) in [5.74, 6) is -0.193. The minimum Gasteiger partial charge on any atom is -0.406 e. The van der Waals surface area contributed by atoms with Crippen molar-refractivity contribution in [2.45, 2.75) is 33.2 Å². The van der Waals surface area contributed by atoms with Crippen molar-refractivity contribution in [3.05, 3.63) is 29.8 Å². The molecule has 1 N–H and O–H groups in total. The van der Waals surface area contributed by atoms with Gasteiger partial charge in [0.25, 0.3) is 0 Å². The summed E-state index contributed by atoms with van der Waals surface area (Å²) in [6, 6.07) is 6.06. The first kappa shape index (κ1) is 17.8. The number of likely N-dealkylation sites (N-methyl/N-ethyl adjacent to an activating group) is 1. The summed E-state index contributed by atoms with van der Waals surface area (Å²) in [4.78, 5) is 2.31. The molecule has 0 amide bonds. The number of nitrogens with one attached hydrogen (secondary N) is 1. The molecule has 1 atom stereocenters. The Labute approximate surface area is 124 Å². The summed E-state index contributed by atoms with van der Waals surface area (Å²) in [6.07, 6.45) is -4.64. The molecule has 21 heavy (non-hydrogen) atoms. The summed E-state index contributed by atoms with van der Waals surface area (Å²) in [5.41, 5.74) is 0.934. The predicted molar refractivity (Wildman–Crippen MR) is 77.3 cm³/mol. The Balaban J connectivity index is 2.46. The lowest BCUT2D eigenvalue weighted by molar-refractivity contribution is -0.274.